The molecule has 1 saturated heterocycles. The molecule has 1 aromatic carbocycles. The molecule has 7 heteroatoms. The second kappa shape index (κ2) is 8.49. The van der Waals surface area contributed by atoms with Crippen molar-refractivity contribution in [2.24, 2.45) is 0 Å². The fourth-order valence-corrected chi connectivity index (χ4v) is 3.00. The molecule has 2 heterocycles. The smallest absolute Gasteiger partial charge is 0.241 e. The highest BCUT2D eigenvalue weighted by Crippen LogP contribution is 2.17. The molecule has 1 N–H and O–H groups in total. The van der Waals surface area contributed by atoms with Crippen LogP contribution in [0.5, 0.6) is 0 Å². The van der Waals surface area contributed by atoms with Gasteiger partial charge in [-0.3, -0.25) is 4.79 Å². The molecule has 7 nitrogen and oxygen atoms in total. The fourth-order valence-electron chi connectivity index (χ4n) is 3.00. The normalized spacial score (nSPS) is 14.1. The fraction of sp³-hybridized carbons (Fsp3) is 0.400. The number of rotatable bonds is 5. The van der Waals surface area contributed by atoms with Crippen molar-refractivity contribution >= 4 is 17.4 Å². The average molecular weight is 364 g/mol. The summed E-state index contributed by atoms with van der Waals surface area (Å²) in [7, 11) is 0. The number of carbonyl (C=O) groups is 1. The summed E-state index contributed by atoms with van der Waals surface area (Å²) in [6.45, 7) is 7.32. The molecule has 0 aliphatic carbocycles. The molecule has 1 amide bonds. The van der Waals surface area contributed by atoms with Gasteiger partial charge in [-0.05, 0) is 23.6 Å². The van der Waals surface area contributed by atoms with Gasteiger partial charge in [0.1, 0.15) is 11.9 Å². The van der Waals surface area contributed by atoms with E-state index >= 15 is 0 Å². The van der Waals surface area contributed by atoms with Crippen LogP contribution in [0.3, 0.4) is 0 Å². The molecular formula is C20H24N6O. The van der Waals surface area contributed by atoms with Crippen molar-refractivity contribution in [3.63, 3.8) is 0 Å². The molecule has 0 saturated carbocycles. The molecule has 0 spiro atoms. The number of hydrogen-bond donors (Lipinski definition) is 1. The molecule has 0 radical (unpaired) electrons. The summed E-state index contributed by atoms with van der Waals surface area (Å²) in [5.74, 6) is 1.33. The Labute approximate surface area is 159 Å². The van der Waals surface area contributed by atoms with E-state index in [2.05, 4.69) is 46.2 Å². The Bertz CT molecular complexity index is 802. The number of piperazine rings is 1. The Morgan fingerprint density at radius 1 is 1.15 bits per heavy atom. The van der Waals surface area contributed by atoms with Gasteiger partial charge < -0.3 is 15.1 Å². The zero-order chi connectivity index (χ0) is 19.2. The van der Waals surface area contributed by atoms with E-state index in [0.717, 1.165) is 11.5 Å². The molecule has 0 bridgehead atoms. The Kier molecular flexibility index (Phi) is 5.87. The number of carbonyl (C=O) groups excluding carboxylic acids is 1. The molecule has 1 aromatic heterocycles. The number of benzene rings is 1. The van der Waals surface area contributed by atoms with Crippen LogP contribution in [0, 0.1) is 11.3 Å². The third-order valence-corrected chi connectivity index (χ3v) is 4.73. The van der Waals surface area contributed by atoms with Crippen molar-refractivity contribution < 1.29 is 4.79 Å². The summed E-state index contributed by atoms with van der Waals surface area (Å²) >= 11 is 0. The van der Waals surface area contributed by atoms with Gasteiger partial charge in [-0.15, -0.1) is 0 Å². The lowest BCUT2D eigenvalue weighted by Crippen LogP contribution is -2.50. The van der Waals surface area contributed by atoms with Gasteiger partial charge in [0.05, 0.1) is 18.9 Å². The van der Waals surface area contributed by atoms with Gasteiger partial charge >= 0.3 is 0 Å². The van der Waals surface area contributed by atoms with E-state index < -0.39 is 0 Å². The van der Waals surface area contributed by atoms with E-state index in [1.165, 1.54) is 11.8 Å². The molecular weight excluding hydrogens is 340 g/mol. The highest BCUT2D eigenvalue weighted by molar-refractivity contribution is 5.81. The molecule has 2 aromatic rings. The Morgan fingerprint density at radius 2 is 1.85 bits per heavy atom. The number of hydrogen-bond acceptors (Lipinski definition) is 6. The highest BCUT2D eigenvalue weighted by Gasteiger charge is 2.21. The number of aromatic nitrogens is 2. The number of anilines is 2. The SMILES string of the molecule is CC(C)c1ccc(NCC(=O)N2CCN(c3cnc(C#N)cn3)CC2)cc1. The Hall–Kier alpha value is -3.14. The van der Waals surface area contributed by atoms with E-state index in [4.69, 9.17) is 5.26 Å². The third kappa shape index (κ3) is 4.73. The summed E-state index contributed by atoms with van der Waals surface area (Å²) in [6, 6.07) is 10.2. The zero-order valence-corrected chi connectivity index (χ0v) is 15.7. The summed E-state index contributed by atoms with van der Waals surface area (Å²) in [5.41, 5.74) is 2.55. The summed E-state index contributed by atoms with van der Waals surface area (Å²) < 4.78 is 0. The molecule has 140 valence electrons. The van der Waals surface area contributed by atoms with Crippen molar-refractivity contribution in [3.05, 3.63) is 47.9 Å². The van der Waals surface area contributed by atoms with Crippen molar-refractivity contribution in [3.8, 4) is 6.07 Å². The van der Waals surface area contributed by atoms with Crippen LogP contribution >= 0.6 is 0 Å². The van der Waals surface area contributed by atoms with Gasteiger partial charge in [-0.2, -0.15) is 5.26 Å². The molecule has 27 heavy (non-hydrogen) atoms. The number of amides is 1. The predicted octanol–water partition coefficient (Wildman–Crippen LogP) is 2.23. The second-order valence-electron chi connectivity index (χ2n) is 6.87. The van der Waals surface area contributed by atoms with Crippen molar-refractivity contribution in [2.75, 3.05) is 42.9 Å². The maximum Gasteiger partial charge on any atom is 0.241 e. The standard InChI is InChI=1S/C20H24N6O/c1-15(2)16-3-5-17(6-4-16)23-14-20(27)26-9-7-25(8-10-26)19-13-22-18(11-21)12-24-19/h3-6,12-13,15,23H,7-10,14H2,1-2H3. The lowest BCUT2D eigenvalue weighted by atomic mass is 10.0. The van der Waals surface area contributed by atoms with Gasteiger partial charge in [0.15, 0.2) is 5.69 Å². The average Bonchev–Trinajstić information content (AvgIpc) is 2.72. The van der Waals surface area contributed by atoms with Crippen molar-refractivity contribution in [2.45, 2.75) is 19.8 Å². The zero-order valence-electron chi connectivity index (χ0n) is 15.7. The maximum atomic E-state index is 12.5. The van der Waals surface area contributed by atoms with Crippen LogP contribution in [0.4, 0.5) is 11.5 Å². The summed E-state index contributed by atoms with van der Waals surface area (Å²) in [4.78, 5) is 24.7. The van der Waals surface area contributed by atoms with Crippen LogP contribution in [0.25, 0.3) is 0 Å². The van der Waals surface area contributed by atoms with E-state index in [9.17, 15) is 4.79 Å². The topological polar surface area (TPSA) is 85.2 Å². The van der Waals surface area contributed by atoms with Crippen molar-refractivity contribution in [1.29, 1.82) is 5.26 Å². The minimum Gasteiger partial charge on any atom is -0.376 e. The van der Waals surface area contributed by atoms with E-state index in [1.54, 1.807) is 6.20 Å². The van der Waals surface area contributed by atoms with Crippen LogP contribution in [-0.2, 0) is 4.79 Å². The maximum absolute atomic E-state index is 12.5. The molecule has 1 fully saturated rings. The quantitative estimate of drug-likeness (QED) is 0.876. The first-order chi connectivity index (χ1) is 13.1. The van der Waals surface area contributed by atoms with E-state index in [1.807, 2.05) is 23.1 Å². The number of nitriles is 1. The lowest BCUT2D eigenvalue weighted by molar-refractivity contribution is -0.129. The van der Waals surface area contributed by atoms with E-state index in [-0.39, 0.29) is 12.5 Å². The van der Waals surface area contributed by atoms with Crippen LogP contribution in [0.15, 0.2) is 36.7 Å². The number of nitrogens with one attached hydrogen (secondary N) is 1. The first kappa shape index (κ1) is 18.6. The molecule has 3 rings (SSSR count). The second-order valence-corrected chi connectivity index (χ2v) is 6.87. The van der Waals surface area contributed by atoms with Crippen molar-refractivity contribution in [1.82, 2.24) is 14.9 Å². The number of nitrogens with zero attached hydrogens (tertiary/aromatic N) is 5. The Balaban J connectivity index is 1.47. The minimum atomic E-state index is 0.0912. The van der Waals surface area contributed by atoms with Gasteiger partial charge in [-0.25, -0.2) is 9.97 Å². The lowest BCUT2D eigenvalue weighted by Gasteiger charge is -2.35. The van der Waals surface area contributed by atoms with Crippen LogP contribution < -0.4 is 10.2 Å². The molecule has 0 atom stereocenters. The highest BCUT2D eigenvalue weighted by atomic mass is 16.2. The summed E-state index contributed by atoms with van der Waals surface area (Å²) in [6.07, 6.45) is 3.08. The first-order valence-electron chi connectivity index (χ1n) is 9.15. The van der Waals surface area contributed by atoms with Gasteiger partial charge in [0.2, 0.25) is 5.91 Å². The van der Waals surface area contributed by atoms with Crippen LogP contribution in [0.2, 0.25) is 0 Å². The van der Waals surface area contributed by atoms with Crippen LogP contribution in [0.1, 0.15) is 31.0 Å². The third-order valence-electron chi connectivity index (χ3n) is 4.73. The van der Waals surface area contributed by atoms with Crippen LogP contribution in [-0.4, -0.2) is 53.5 Å². The van der Waals surface area contributed by atoms with Gasteiger partial charge in [0.25, 0.3) is 0 Å². The first-order valence-corrected chi connectivity index (χ1v) is 9.15. The van der Waals surface area contributed by atoms with Gasteiger partial charge in [-0.1, -0.05) is 26.0 Å². The monoisotopic (exact) mass is 364 g/mol. The Morgan fingerprint density at radius 3 is 2.41 bits per heavy atom. The molecule has 0 unspecified atom stereocenters. The minimum absolute atomic E-state index is 0.0912. The molecule has 1 aliphatic heterocycles. The summed E-state index contributed by atoms with van der Waals surface area (Å²) in [5, 5.41) is 12.0. The predicted molar refractivity (Wildman–Crippen MR) is 105 cm³/mol. The molecule has 1 aliphatic rings. The largest absolute Gasteiger partial charge is 0.376 e. The van der Waals surface area contributed by atoms with E-state index in [0.29, 0.717) is 37.8 Å². The van der Waals surface area contributed by atoms with Gasteiger partial charge in [0, 0.05) is 31.9 Å².